The third-order valence-corrected chi connectivity index (χ3v) is 3.51. The van der Waals surface area contributed by atoms with Crippen molar-refractivity contribution in [1.82, 2.24) is 5.06 Å². The second kappa shape index (κ2) is 8.39. The lowest BCUT2D eigenvalue weighted by Crippen LogP contribution is -2.31. The number of rotatable bonds is 9. The summed E-state index contributed by atoms with van der Waals surface area (Å²) in [5, 5.41) is 0.366. The first-order chi connectivity index (χ1) is 9.06. The molecular weight excluding hydrogens is 270 g/mol. The van der Waals surface area contributed by atoms with Crippen molar-refractivity contribution in [1.29, 1.82) is 0 Å². The number of carbonyl (C=O) groups is 2. The molecule has 0 saturated carbocycles. The van der Waals surface area contributed by atoms with Crippen LogP contribution in [0.1, 0.15) is 58.3 Å². The fraction of sp³-hybridized carbons (Fsp3) is 0.833. The Morgan fingerprint density at radius 2 is 1.89 bits per heavy atom. The lowest BCUT2D eigenvalue weighted by Gasteiger charge is -2.14. The van der Waals surface area contributed by atoms with Gasteiger partial charge in [-0.2, -0.15) is 4.28 Å². The third kappa shape index (κ3) is 5.38. The zero-order chi connectivity index (χ0) is 14.3. The SMILES string of the molecule is CCCCCCCCC1CC(=O)N(OS(=O)[O-])C1=O. The molecule has 1 aliphatic rings. The summed E-state index contributed by atoms with van der Waals surface area (Å²) in [6.07, 6.45) is 7.30. The largest absolute Gasteiger partial charge is 0.748 e. The Labute approximate surface area is 115 Å². The van der Waals surface area contributed by atoms with Crippen LogP contribution in [-0.4, -0.2) is 25.6 Å². The predicted molar refractivity (Wildman–Crippen MR) is 68.0 cm³/mol. The number of imide groups is 1. The van der Waals surface area contributed by atoms with Crippen molar-refractivity contribution in [2.24, 2.45) is 5.92 Å². The summed E-state index contributed by atoms with van der Waals surface area (Å²) in [7, 11) is 0. The number of hydrogen-bond donors (Lipinski definition) is 0. The minimum atomic E-state index is -2.89. The van der Waals surface area contributed by atoms with Crippen LogP contribution in [0.15, 0.2) is 0 Å². The maximum Gasteiger partial charge on any atom is 0.258 e. The van der Waals surface area contributed by atoms with Gasteiger partial charge in [0.05, 0.1) is 0 Å². The smallest absolute Gasteiger partial charge is 0.258 e. The lowest BCUT2D eigenvalue weighted by molar-refractivity contribution is -0.165. The Morgan fingerprint density at radius 3 is 2.53 bits per heavy atom. The van der Waals surface area contributed by atoms with Crippen molar-refractivity contribution in [3.8, 4) is 0 Å². The molecule has 2 atom stereocenters. The molecule has 2 amide bonds. The van der Waals surface area contributed by atoms with Crippen LogP contribution in [0, 0.1) is 5.92 Å². The molecule has 1 heterocycles. The molecule has 6 nitrogen and oxygen atoms in total. The zero-order valence-electron chi connectivity index (χ0n) is 11.1. The molecule has 1 rings (SSSR count). The van der Waals surface area contributed by atoms with Crippen molar-refractivity contribution in [2.45, 2.75) is 58.3 Å². The number of hydrogen-bond acceptors (Lipinski definition) is 5. The van der Waals surface area contributed by atoms with Crippen LogP contribution in [0.2, 0.25) is 0 Å². The van der Waals surface area contributed by atoms with Crippen LogP contribution in [0.3, 0.4) is 0 Å². The van der Waals surface area contributed by atoms with E-state index in [1.165, 1.54) is 19.3 Å². The number of nitrogens with zero attached hydrogens (tertiary/aromatic N) is 1. The summed E-state index contributed by atoms with van der Waals surface area (Å²) in [6, 6.07) is 0. The first kappa shape index (κ1) is 16.3. The van der Waals surface area contributed by atoms with Crippen LogP contribution in [0.4, 0.5) is 0 Å². The van der Waals surface area contributed by atoms with Gasteiger partial charge in [-0.05, 0) is 6.42 Å². The molecule has 0 spiro atoms. The van der Waals surface area contributed by atoms with Gasteiger partial charge in [0.25, 0.3) is 11.8 Å². The highest BCUT2D eigenvalue weighted by atomic mass is 32.2. The normalized spacial score (nSPS) is 21.2. The molecule has 1 fully saturated rings. The molecule has 0 aromatic rings. The van der Waals surface area contributed by atoms with Crippen molar-refractivity contribution in [2.75, 3.05) is 0 Å². The number of amides is 2. The molecule has 7 heteroatoms. The monoisotopic (exact) mass is 290 g/mol. The molecule has 0 N–H and O–H groups in total. The first-order valence-electron chi connectivity index (χ1n) is 6.70. The summed E-state index contributed by atoms with van der Waals surface area (Å²) in [5.74, 6) is -1.55. The molecule has 110 valence electrons. The third-order valence-electron chi connectivity index (χ3n) is 3.24. The molecule has 0 bridgehead atoms. The van der Waals surface area contributed by atoms with Gasteiger partial charge in [0, 0.05) is 12.3 Å². The van der Waals surface area contributed by atoms with E-state index in [1.54, 1.807) is 0 Å². The van der Waals surface area contributed by atoms with Gasteiger partial charge in [0.2, 0.25) is 0 Å². The van der Waals surface area contributed by atoms with Crippen LogP contribution in [0.5, 0.6) is 0 Å². The molecule has 2 unspecified atom stereocenters. The lowest BCUT2D eigenvalue weighted by atomic mass is 9.99. The fourth-order valence-corrected chi connectivity index (χ4v) is 2.48. The van der Waals surface area contributed by atoms with E-state index in [0.29, 0.717) is 11.5 Å². The van der Waals surface area contributed by atoms with E-state index in [-0.39, 0.29) is 6.42 Å². The molecule has 0 aliphatic carbocycles. The summed E-state index contributed by atoms with van der Waals surface area (Å²) in [5.41, 5.74) is 0. The summed E-state index contributed by atoms with van der Waals surface area (Å²) in [4.78, 5) is 23.1. The minimum Gasteiger partial charge on any atom is -0.748 e. The van der Waals surface area contributed by atoms with Crippen LogP contribution >= 0.6 is 0 Å². The van der Waals surface area contributed by atoms with Crippen LogP contribution in [0.25, 0.3) is 0 Å². The van der Waals surface area contributed by atoms with E-state index in [1.807, 2.05) is 0 Å². The highest BCUT2D eigenvalue weighted by molar-refractivity contribution is 7.74. The topological polar surface area (TPSA) is 86.7 Å². The molecule has 19 heavy (non-hydrogen) atoms. The minimum absolute atomic E-state index is 0.0466. The van der Waals surface area contributed by atoms with Gasteiger partial charge in [0.1, 0.15) is 11.4 Å². The highest BCUT2D eigenvalue weighted by Gasteiger charge is 2.39. The second-order valence-corrected chi connectivity index (χ2v) is 5.32. The summed E-state index contributed by atoms with van der Waals surface area (Å²) < 4.78 is 24.9. The van der Waals surface area contributed by atoms with E-state index in [9.17, 15) is 18.4 Å². The average molecular weight is 290 g/mol. The molecule has 0 aromatic heterocycles. The Balaban J connectivity index is 2.26. The predicted octanol–water partition coefficient (Wildman–Crippen LogP) is 1.84. The van der Waals surface area contributed by atoms with Crippen LogP contribution < -0.4 is 0 Å². The van der Waals surface area contributed by atoms with Crippen LogP contribution in [-0.2, 0) is 25.2 Å². The second-order valence-electron chi connectivity index (χ2n) is 4.76. The Kier molecular flexibility index (Phi) is 7.19. The number of carbonyl (C=O) groups excluding carboxylic acids is 2. The standard InChI is InChI=1S/C12H21NO5S/c1-2-3-4-5-6-7-8-10-9-11(14)13(12(10)15)18-19(16)17/h10H,2-9H2,1H3,(H,16,17)/p-1. The maximum atomic E-state index is 11.7. The van der Waals surface area contributed by atoms with Gasteiger partial charge >= 0.3 is 0 Å². The quantitative estimate of drug-likeness (QED) is 0.367. The van der Waals surface area contributed by atoms with Gasteiger partial charge in [-0.1, -0.05) is 45.4 Å². The highest BCUT2D eigenvalue weighted by Crippen LogP contribution is 2.25. The Bertz CT molecular complexity index is 347. The van der Waals surface area contributed by atoms with E-state index in [2.05, 4.69) is 11.2 Å². The summed E-state index contributed by atoms with van der Waals surface area (Å²) >= 11 is -2.89. The van der Waals surface area contributed by atoms with E-state index >= 15 is 0 Å². The summed E-state index contributed by atoms with van der Waals surface area (Å²) in [6.45, 7) is 2.15. The molecule has 0 aromatic carbocycles. The van der Waals surface area contributed by atoms with Crippen molar-refractivity contribution in [3.63, 3.8) is 0 Å². The number of unbranched alkanes of at least 4 members (excludes halogenated alkanes) is 5. The van der Waals surface area contributed by atoms with Crippen molar-refractivity contribution >= 4 is 23.2 Å². The number of hydroxylamine groups is 2. The Hall–Kier alpha value is -0.790. The van der Waals surface area contributed by atoms with Crippen molar-refractivity contribution < 1.29 is 22.6 Å². The van der Waals surface area contributed by atoms with Gasteiger partial charge < -0.3 is 4.55 Å². The fourth-order valence-electron chi connectivity index (χ4n) is 2.21. The van der Waals surface area contributed by atoms with Crippen molar-refractivity contribution in [3.05, 3.63) is 0 Å². The van der Waals surface area contributed by atoms with Gasteiger partial charge in [0.15, 0.2) is 0 Å². The van der Waals surface area contributed by atoms with E-state index < -0.39 is 29.1 Å². The van der Waals surface area contributed by atoms with E-state index in [0.717, 1.165) is 19.3 Å². The molecule has 0 radical (unpaired) electrons. The zero-order valence-corrected chi connectivity index (χ0v) is 11.9. The molecular formula is C12H20NO5S-. The molecule has 1 saturated heterocycles. The maximum absolute atomic E-state index is 11.7. The van der Waals surface area contributed by atoms with Gasteiger partial charge in [-0.3, -0.25) is 9.59 Å². The van der Waals surface area contributed by atoms with Gasteiger partial charge in [-0.25, -0.2) is 4.21 Å². The molecule has 1 aliphatic heterocycles. The van der Waals surface area contributed by atoms with Gasteiger partial charge in [-0.15, -0.1) is 5.06 Å². The Morgan fingerprint density at radius 1 is 1.26 bits per heavy atom. The van der Waals surface area contributed by atoms with E-state index in [4.69, 9.17) is 0 Å². The average Bonchev–Trinajstić information content (AvgIpc) is 2.61. The first-order valence-corrected chi connectivity index (χ1v) is 7.70.